The van der Waals surface area contributed by atoms with Gasteiger partial charge in [-0.15, -0.1) is 0 Å². The molecule has 0 atom stereocenters. The molecule has 1 radical (unpaired) electrons. The summed E-state index contributed by atoms with van der Waals surface area (Å²) in [5.74, 6) is 0.858. The molecule has 0 saturated carbocycles. The van der Waals surface area contributed by atoms with Crippen LogP contribution in [0.2, 0.25) is 0 Å². The molecular weight excluding hydrogens is 182 g/mol. The Bertz CT molecular complexity index is 364. The lowest BCUT2D eigenvalue weighted by Crippen LogP contribution is -1.85. The van der Waals surface area contributed by atoms with Gasteiger partial charge in [0.15, 0.2) is 0 Å². The molecule has 2 rings (SSSR count). The van der Waals surface area contributed by atoms with E-state index >= 15 is 0 Å². The molecule has 0 N–H and O–H groups in total. The predicted molar refractivity (Wildman–Crippen MR) is 52.7 cm³/mol. The molecule has 0 aliphatic carbocycles. The second-order valence-electron chi connectivity index (χ2n) is 2.90. The lowest BCUT2D eigenvalue weighted by molar-refractivity contribution is 0.394. The van der Waals surface area contributed by atoms with Crippen LogP contribution in [0.15, 0.2) is 27.4 Å². The van der Waals surface area contributed by atoms with E-state index < -0.39 is 0 Å². The van der Waals surface area contributed by atoms with Gasteiger partial charge in [-0.05, 0) is 35.7 Å². The monoisotopic (exact) mass is 192 g/mol. The van der Waals surface area contributed by atoms with Gasteiger partial charge in [0.1, 0.15) is 5.76 Å². The van der Waals surface area contributed by atoms with Gasteiger partial charge in [0, 0.05) is 12.5 Å². The van der Waals surface area contributed by atoms with Crippen molar-refractivity contribution in [1.29, 1.82) is 0 Å². The summed E-state index contributed by atoms with van der Waals surface area (Å²) in [5, 5.41) is 8.11. The Morgan fingerprint density at radius 2 is 2.54 bits per heavy atom. The lowest BCUT2D eigenvalue weighted by atomic mass is 10.1. The zero-order valence-corrected chi connectivity index (χ0v) is 8.17. The number of thiophene rings is 1. The van der Waals surface area contributed by atoms with Crippen molar-refractivity contribution in [2.24, 2.45) is 0 Å². The maximum atomic E-state index is 4.96. The summed E-state index contributed by atoms with van der Waals surface area (Å²) < 4.78 is 4.96. The predicted octanol–water partition coefficient (Wildman–Crippen LogP) is 2.84. The molecule has 67 valence electrons. The molecule has 0 amide bonds. The fourth-order valence-corrected chi connectivity index (χ4v) is 1.79. The van der Waals surface area contributed by atoms with E-state index in [1.54, 1.807) is 11.3 Å². The largest absolute Gasteiger partial charge is 0.361 e. The molecule has 0 aromatic carbocycles. The summed E-state index contributed by atoms with van der Waals surface area (Å²) in [6.45, 7) is 1.90. The van der Waals surface area contributed by atoms with Crippen LogP contribution in [0.4, 0.5) is 0 Å². The van der Waals surface area contributed by atoms with Crippen LogP contribution in [0.25, 0.3) is 0 Å². The fraction of sp³-hybridized carbons (Fsp3) is 0.200. The first-order valence-electron chi connectivity index (χ1n) is 4.12. The molecular formula is C10H10NOS. The lowest BCUT2D eigenvalue weighted by Gasteiger charge is -1.91. The highest BCUT2D eigenvalue weighted by Crippen LogP contribution is 2.11. The Kier molecular flexibility index (Phi) is 2.45. The number of nitrogens with zero attached hydrogens (tertiary/aromatic N) is 1. The smallest absolute Gasteiger partial charge is 0.133 e. The van der Waals surface area contributed by atoms with E-state index in [0.29, 0.717) is 0 Å². The highest BCUT2D eigenvalue weighted by Gasteiger charge is 2.01. The second-order valence-corrected chi connectivity index (χ2v) is 3.68. The average Bonchev–Trinajstić information content (AvgIpc) is 2.71. The zero-order valence-electron chi connectivity index (χ0n) is 7.36. The molecule has 2 aromatic heterocycles. The van der Waals surface area contributed by atoms with Crippen LogP contribution < -0.4 is 0 Å². The number of aromatic nitrogens is 1. The molecule has 13 heavy (non-hydrogen) atoms. The normalized spacial score (nSPS) is 10.5. The molecule has 0 saturated heterocycles. The summed E-state index contributed by atoms with van der Waals surface area (Å²) >= 11 is 1.72. The standard InChI is InChI=1S/C10H10NOS/c1-8-6-10(11-12-8)3-2-9-4-5-13-7-9/h3-7H,2H2,1H3. The summed E-state index contributed by atoms with van der Waals surface area (Å²) in [5.41, 5.74) is 2.24. The maximum absolute atomic E-state index is 4.96. The number of aryl methyl sites for hydroxylation is 1. The minimum absolute atomic E-state index is 0.858. The zero-order chi connectivity index (χ0) is 9.10. The van der Waals surface area contributed by atoms with Crippen LogP contribution in [-0.4, -0.2) is 5.16 Å². The van der Waals surface area contributed by atoms with Crippen LogP contribution >= 0.6 is 11.3 Å². The molecule has 2 heterocycles. The fourth-order valence-electron chi connectivity index (χ4n) is 1.11. The molecule has 0 fully saturated rings. The van der Waals surface area contributed by atoms with E-state index in [1.807, 2.05) is 13.0 Å². The quantitative estimate of drug-likeness (QED) is 0.747. The van der Waals surface area contributed by atoms with Crippen molar-refractivity contribution in [3.05, 3.63) is 46.3 Å². The van der Waals surface area contributed by atoms with Crippen molar-refractivity contribution in [2.75, 3.05) is 0 Å². The highest BCUT2D eigenvalue weighted by molar-refractivity contribution is 7.07. The molecule has 0 aliphatic heterocycles. The van der Waals surface area contributed by atoms with Gasteiger partial charge in [-0.1, -0.05) is 5.16 Å². The van der Waals surface area contributed by atoms with Gasteiger partial charge in [0.05, 0.1) is 5.69 Å². The van der Waals surface area contributed by atoms with Gasteiger partial charge >= 0.3 is 0 Å². The first kappa shape index (κ1) is 8.51. The van der Waals surface area contributed by atoms with Crippen molar-refractivity contribution in [3.63, 3.8) is 0 Å². The Morgan fingerprint density at radius 3 is 3.15 bits per heavy atom. The van der Waals surface area contributed by atoms with Crippen LogP contribution in [0.3, 0.4) is 0 Å². The summed E-state index contributed by atoms with van der Waals surface area (Å²) in [7, 11) is 0. The van der Waals surface area contributed by atoms with E-state index in [1.165, 1.54) is 5.56 Å². The first-order valence-corrected chi connectivity index (χ1v) is 5.06. The van der Waals surface area contributed by atoms with Gasteiger partial charge < -0.3 is 4.52 Å². The first-order chi connectivity index (χ1) is 6.34. The molecule has 2 nitrogen and oxygen atoms in total. The van der Waals surface area contributed by atoms with Crippen LogP contribution in [0.1, 0.15) is 17.0 Å². The van der Waals surface area contributed by atoms with Gasteiger partial charge in [-0.2, -0.15) is 11.3 Å². The van der Waals surface area contributed by atoms with Crippen molar-refractivity contribution in [3.8, 4) is 0 Å². The third kappa shape index (κ3) is 2.18. The van der Waals surface area contributed by atoms with Crippen LogP contribution in [-0.2, 0) is 6.42 Å². The molecule has 0 unspecified atom stereocenters. The topological polar surface area (TPSA) is 26.0 Å². The van der Waals surface area contributed by atoms with E-state index in [0.717, 1.165) is 17.9 Å². The van der Waals surface area contributed by atoms with Crippen molar-refractivity contribution in [1.82, 2.24) is 5.16 Å². The Morgan fingerprint density at radius 1 is 1.62 bits per heavy atom. The third-order valence-electron chi connectivity index (χ3n) is 1.77. The highest BCUT2D eigenvalue weighted by atomic mass is 32.1. The minimum Gasteiger partial charge on any atom is -0.361 e. The minimum atomic E-state index is 0.858. The summed E-state index contributed by atoms with van der Waals surface area (Å²) in [6, 6.07) is 4.06. The number of hydrogen-bond acceptors (Lipinski definition) is 3. The van der Waals surface area contributed by atoms with Gasteiger partial charge in [-0.3, -0.25) is 0 Å². The second kappa shape index (κ2) is 3.75. The average molecular weight is 192 g/mol. The molecule has 2 aromatic rings. The van der Waals surface area contributed by atoms with Crippen molar-refractivity contribution < 1.29 is 4.52 Å². The van der Waals surface area contributed by atoms with Gasteiger partial charge in [0.25, 0.3) is 0 Å². The Balaban J connectivity index is 1.93. The van der Waals surface area contributed by atoms with E-state index in [4.69, 9.17) is 4.52 Å². The Hall–Kier alpha value is -1.09. The molecule has 0 aliphatic rings. The molecule has 0 bridgehead atoms. The molecule has 0 spiro atoms. The van der Waals surface area contributed by atoms with Crippen LogP contribution in [0.5, 0.6) is 0 Å². The van der Waals surface area contributed by atoms with Gasteiger partial charge in [-0.25, -0.2) is 0 Å². The van der Waals surface area contributed by atoms with Crippen LogP contribution in [0, 0.1) is 13.3 Å². The number of rotatable bonds is 3. The number of hydrogen-bond donors (Lipinski definition) is 0. The van der Waals surface area contributed by atoms with Gasteiger partial charge in [0.2, 0.25) is 0 Å². The Labute approximate surface area is 81.2 Å². The van der Waals surface area contributed by atoms with E-state index in [-0.39, 0.29) is 0 Å². The third-order valence-corrected chi connectivity index (χ3v) is 2.51. The van der Waals surface area contributed by atoms with E-state index in [2.05, 4.69) is 28.4 Å². The van der Waals surface area contributed by atoms with Crippen molar-refractivity contribution >= 4 is 11.3 Å². The summed E-state index contributed by atoms with van der Waals surface area (Å²) in [6.07, 6.45) is 2.99. The molecule has 3 heteroatoms. The van der Waals surface area contributed by atoms with Crippen molar-refractivity contribution in [2.45, 2.75) is 13.3 Å². The SMILES string of the molecule is Cc1cc([CH]Cc2ccsc2)no1. The summed E-state index contributed by atoms with van der Waals surface area (Å²) in [4.78, 5) is 0. The van der Waals surface area contributed by atoms with E-state index in [9.17, 15) is 0 Å². The maximum Gasteiger partial charge on any atom is 0.133 e.